The highest BCUT2D eigenvalue weighted by Crippen LogP contribution is 2.33. The van der Waals surface area contributed by atoms with Gasteiger partial charge in [-0.1, -0.05) is 0 Å². The van der Waals surface area contributed by atoms with E-state index in [1.165, 1.54) is 10.4 Å². The van der Waals surface area contributed by atoms with E-state index in [1.807, 2.05) is 19.9 Å². The van der Waals surface area contributed by atoms with Gasteiger partial charge < -0.3 is 4.98 Å². The first kappa shape index (κ1) is 11.8. The third-order valence-corrected chi connectivity index (χ3v) is 4.16. The minimum Gasteiger partial charge on any atom is -0.351 e. The molecule has 2 aromatic heterocycles. The Morgan fingerprint density at radius 1 is 1.18 bits per heavy atom. The van der Waals surface area contributed by atoms with Crippen LogP contribution in [-0.2, 0) is 0 Å². The number of carbonyl (C=O) groups excluding carboxylic acids is 2. The summed E-state index contributed by atoms with van der Waals surface area (Å²) in [5.74, 6) is 0. The van der Waals surface area contributed by atoms with Gasteiger partial charge in [-0.25, -0.2) is 0 Å². The molecule has 0 amide bonds. The Morgan fingerprint density at radius 2 is 1.88 bits per heavy atom. The zero-order chi connectivity index (χ0) is 12.6. The normalized spacial score (nSPS) is 10.5. The van der Waals surface area contributed by atoms with Crippen molar-refractivity contribution in [3.05, 3.63) is 33.3 Å². The minimum atomic E-state index is 0.478. The maximum atomic E-state index is 11.1. The van der Waals surface area contributed by atoms with E-state index in [-0.39, 0.29) is 0 Å². The monoisotopic (exact) mass is 247 g/mol. The van der Waals surface area contributed by atoms with Crippen molar-refractivity contribution in [2.24, 2.45) is 0 Å². The molecule has 2 aromatic rings. The van der Waals surface area contributed by atoms with E-state index < -0.39 is 0 Å². The summed E-state index contributed by atoms with van der Waals surface area (Å²) in [5.41, 5.74) is 3.72. The Bertz CT molecular complexity index is 573. The molecule has 0 atom stereocenters. The molecule has 4 heteroatoms. The van der Waals surface area contributed by atoms with Crippen molar-refractivity contribution in [3.63, 3.8) is 0 Å². The van der Waals surface area contributed by atoms with E-state index in [2.05, 4.69) is 4.98 Å². The van der Waals surface area contributed by atoms with Gasteiger partial charge in [-0.05, 0) is 38.0 Å². The molecule has 17 heavy (non-hydrogen) atoms. The number of carbonyl (C=O) groups is 2. The molecule has 0 unspecified atom stereocenters. The van der Waals surface area contributed by atoms with Crippen LogP contribution in [-0.4, -0.2) is 17.6 Å². The fourth-order valence-corrected chi connectivity index (χ4v) is 2.83. The lowest BCUT2D eigenvalue weighted by Gasteiger charge is -1.94. The van der Waals surface area contributed by atoms with Gasteiger partial charge >= 0.3 is 0 Å². The van der Waals surface area contributed by atoms with Crippen LogP contribution in [0, 0.1) is 20.8 Å². The Morgan fingerprint density at radius 3 is 2.35 bits per heavy atom. The quantitative estimate of drug-likeness (QED) is 0.846. The minimum absolute atomic E-state index is 0.478. The molecule has 0 aliphatic heterocycles. The number of aromatic amines is 1. The molecule has 2 heterocycles. The van der Waals surface area contributed by atoms with Gasteiger partial charge in [0.2, 0.25) is 0 Å². The summed E-state index contributed by atoms with van der Waals surface area (Å²) in [6, 6.07) is 2.03. The summed E-state index contributed by atoms with van der Waals surface area (Å²) in [5, 5.41) is 0. The van der Waals surface area contributed by atoms with Gasteiger partial charge in [0.1, 0.15) is 0 Å². The number of thiophene rings is 1. The van der Waals surface area contributed by atoms with Crippen LogP contribution in [0.25, 0.3) is 10.6 Å². The summed E-state index contributed by atoms with van der Waals surface area (Å²) in [6.45, 7) is 5.85. The van der Waals surface area contributed by atoms with Gasteiger partial charge in [-0.2, -0.15) is 0 Å². The van der Waals surface area contributed by atoms with Crippen LogP contribution in [0.15, 0.2) is 6.07 Å². The fourth-order valence-electron chi connectivity index (χ4n) is 1.78. The molecule has 2 rings (SSSR count). The van der Waals surface area contributed by atoms with Crippen LogP contribution < -0.4 is 0 Å². The molecule has 0 aromatic carbocycles. The molecular formula is C13H13NO2S. The zero-order valence-corrected chi connectivity index (χ0v) is 10.8. The van der Waals surface area contributed by atoms with Crippen molar-refractivity contribution in [2.45, 2.75) is 20.8 Å². The second kappa shape index (κ2) is 4.30. The molecule has 0 radical (unpaired) electrons. The molecule has 0 aliphatic rings. The average Bonchev–Trinajstić information content (AvgIpc) is 2.80. The van der Waals surface area contributed by atoms with Gasteiger partial charge in [-0.15, -0.1) is 11.3 Å². The van der Waals surface area contributed by atoms with Gasteiger partial charge in [0.25, 0.3) is 0 Å². The summed E-state index contributed by atoms with van der Waals surface area (Å²) in [7, 11) is 0. The highest BCUT2D eigenvalue weighted by molar-refractivity contribution is 7.15. The van der Waals surface area contributed by atoms with Crippen molar-refractivity contribution in [1.29, 1.82) is 0 Å². The highest BCUT2D eigenvalue weighted by atomic mass is 32.1. The molecule has 0 aliphatic carbocycles. The van der Waals surface area contributed by atoms with Crippen LogP contribution in [0.4, 0.5) is 0 Å². The Balaban J connectivity index is 2.66. The Hall–Kier alpha value is -1.68. The fraction of sp³-hybridized carbons (Fsp3) is 0.231. The van der Waals surface area contributed by atoms with Crippen molar-refractivity contribution in [3.8, 4) is 10.6 Å². The van der Waals surface area contributed by atoms with Crippen LogP contribution in [0.2, 0.25) is 0 Å². The van der Waals surface area contributed by atoms with Crippen molar-refractivity contribution >= 4 is 23.9 Å². The first-order valence-electron chi connectivity index (χ1n) is 5.28. The predicted molar refractivity (Wildman–Crippen MR) is 69.1 cm³/mol. The summed E-state index contributed by atoms with van der Waals surface area (Å²) < 4.78 is 0. The summed E-state index contributed by atoms with van der Waals surface area (Å²) >= 11 is 1.62. The van der Waals surface area contributed by atoms with Gasteiger partial charge in [0.15, 0.2) is 12.6 Å². The van der Waals surface area contributed by atoms with Crippen molar-refractivity contribution < 1.29 is 9.59 Å². The molecule has 3 nitrogen and oxygen atoms in total. The molecule has 0 bridgehead atoms. The number of aldehydes is 2. The zero-order valence-electron chi connectivity index (χ0n) is 9.96. The number of aryl methyl sites for hydroxylation is 2. The topological polar surface area (TPSA) is 49.9 Å². The lowest BCUT2D eigenvalue weighted by Crippen LogP contribution is -1.84. The SMILES string of the molecule is Cc1cc(-c2[nH]c(C=O)c(C)c2C=O)sc1C. The lowest BCUT2D eigenvalue weighted by atomic mass is 10.1. The number of hydrogen-bond acceptors (Lipinski definition) is 3. The molecule has 88 valence electrons. The molecule has 0 saturated carbocycles. The molecule has 0 spiro atoms. The van der Waals surface area contributed by atoms with E-state index in [4.69, 9.17) is 0 Å². The lowest BCUT2D eigenvalue weighted by molar-refractivity contribution is 0.111. The summed E-state index contributed by atoms with van der Waals surface area (Å²) in [4.78, 5) is 27.2. The number of H-pyrrole nitrogens is 1. The third kappa shape index (κ3) is 1.85. The molecule has 1 N–H and O–H groups in total. The first-order chi connectivity index (χ1) is 8.08. The maximum Gasteiger partial charge on any atom is 0.166 e. The number of hydrogen-bond donors (Lipinski definition) is 1. The maximum absolute atomic E-state index is 11.1. The number of nitrogens with one attached hydrogen (secondary N) is 1. The summed E-state index contributed by atoms with van der Waals surface area (Å²) in [6.07, 6.45) is 1.55. The van der Waals surface area contributed by atoms with E-state index in [0.717, 1.165) is 23.1 Å². The third-order valence-electron chi connectivity index (χ3n) is 2.99. The van der Waals surface area contributed by atoms with Crippen LogP contribution in [0.5, 0.6) is 0 Å². The molecule has 0 saturated heterocycles. The van der Waals surface area contributed by atoms with Crippen LogP contribution in [0.3, 0.4) is 0 Å². The van der Waals surface area contributed by atoms with Crippen molar-refractivity contribution in [2.75, 3.05) is 0 Å². The van der Waals surface area contributed by atoms with E-state index in [1.54, 1.807) is 18.3 Å². The average molecular weight is 247 g/mol. The molecule has 0 fully saturated rings. The Kier molecular flexibility index (Phi) is 2.98. The second-order valence-corrected chi connectivity index (χ2v) is 5.29. The van der Waals surface area contributed by atoms with Gasteiger partial charge in [-0.3, -0.25) is 9.59 Å². The van der Waals surface area contributed by atoms with Crippen LogP contribution in [0.1, 0.15) is 36.9 Å². The second-order valence-electron chi connectivity index (χ2n) is 4.04. The van der Waals surface area contributed by atoms with Crippen molar-refractivity contribution in [1.82, 2.24) is 4.98 Å². The number of aromatic nitrogens is 1. The Labute approximate surface area is 103 Å². The largest absolute Gasteiger partial charge is 0.351 e. The molecular weight excluding hydrogens is 234 g/mol. The van der Waals surface area contributed by atoms with E-state index in [0.29, 0.717) is 16.8 Å². The smallest absolute Gasteiger partial charge is 0.166 e. The predicted octanol–water partition coefficient (Wildman–Crippen LogP) is 3.29. The highest BCUT2D eigenvalue weighted by Gasteiger charge is 2.16. The van der Waals surface area contributed by atoms with E-state index in [9.17, 15) is 9.59 Å². The van der Waals surface area contributed by atoms with Gasteiger partial charge in [0, 0.05) is 10.4 Å². The van der Waals surface area contributed by atoms with Crippen LogP contribution >= 0.6 is 11.3 Å². The van der Waals surface area contributed by atoms with Gasteiger partial charge in [0.05, 0.1) is 16.3 Å². The first-order valence-corrected chi connectivity index (χ1v) is 6.10. The number of rotatable bonds is 3. The standard InChI is InChI=1S/C13H13NO2S/c1-7-4-12(17-9(7)3)13-10(5-15)8(2)11(6-16)14-13/h4-6,14H,1-3H3. The van der Waals surface area contributed by atoms with E-state index >= 15 is 0 Å².